The summed E-state index contributed by atoms with van der Waals surface area (Å²) in [6.45, 7) is 0.557. The molecule has 1 aromatic rings. The first-order chi connectivity index (χ1) is 10.0. The van der Waals surface area contributed by atoms with Gasteiger partial charge in [-0.2, -0.15) is 5.10 Å². The Morgan fingerprint density at radius 3 is 2.67 bits per heavy atom. The number of nitrogens with one attached hydrogen (secondary N) is 1. The van der Waals surface area contributed by atoms with Gasteiger partial charge in [0.2, 0.25) is 5.91 Å². The summed E-state index contributed by atoms with van der Waals surface area (Å²) < 4.78 is 1.79. The lowest BCUT2D eigenvalue weighted by atomic mass is 9.79. The van der Waals surface area contributed by atoms with Crippen LogP contribution in [0.3, 0.4) is 0 Å². The average Bonchev–Trinajstić information content (AvgIpc) is 2.99. The van der Waals surface area contributed by atoms with Crippen LogP contribution in [0.5, 0.6) is 0 Å². The van der Waals surface area contributed by atoms with Crippen LogP contribution in [0.1, 0.15) is 44.2 Å². The largest absolute Gasteiger partial charge is 0.481 e. The van der Waals surface area contributed by atoms with Gasteiger partial charge in [0.1, 0.15) is 0 Å². The zero-order valence-corrected chi connectivity index (χ0v) is 12.5. The van der Waals surface area contributed by atoms with Crippen molar-refractivity contribution in [3.63, 3.8) is 0 Å². The molecule has 0 radical (unpaired) electrons. The number of carbonyl (C=O) groups is 2. The number of aromatic nitrogens is 2. The Hall–Kier alpha value is -1.85. The van der Waals surface area contributed by atoms with Crippen LogP contribution in [0, 0.1) is 5.41 Å². The molecule has 6 nitrogen and oxygen atoms in total. The van der Waals surface area contributed by atoms with Gasteiger partial charge in [0.15, 0.2) is 0 Å². The highest BCUT2D eigenvalue weighted by Gasteiger charge is 2.37. The second kappa shape index (κ2) is 6.74. The zero-order valence-electron chi connectivity index (χ0n) is 12.5. The maximum atomic E-state index is 12.1. The summed E-state index contributed by atoms with van der Waals surface area (Å²) in [6, 6.07) is 1.93. The fourth-order valence-electron chi connectivity index (χ4n) is 3.24. The van der Waals surface area contributed by atoms with E-state index in [1.165, 1.54) is 0 Å². The molecule has 2 rings (SSSR count). The number of rotatable bonds is 7. The van der Waals surface area contributed by atoms with Crippen molar-refractivity contribution in [1.29, 1.82) is 0 Å². The first-order valence-electron chi connectivity index (χ1n) is 7.46. The Labute approximate surface area is 124 Å². The number of carboxylic acid groups (broad SMARTS) is 1. The van der Waals surface area contributed by atoms with E-state index in [2.05, 4.69) is 10.4 Å². The highest BCUT2D eigenvalue weighted by atomic mass is 16.4. The molecular weight excluding hydrogens is 270 g/mol. The number of carboxylic acids is 1. The normalized spacial score (nSPS) is 16.8. The van der Waals surface area contributed by atoms with Crippen LogP contribution < -0.4 is 5.32 Å². The molecule has 0 bridgehead atoms. The number of nitrogens with zero attached hydrogens (tertiary/aromatic N) is 2. The lowest BCUT2D eigenvalue weighted by Crippen LogP contribution is -2.33. The van der Waals surface area contributed by atoms with Crippen molar-refractivity contribution in [1.82, 2.24) is 15.1 Å². The molecule has 1 heterocycles. The van der Waals surface area contributed by atoms with Gasteiger partial charge in [0.05, 0.1) is 6.42 Å². The average molecular weight is 293 g/mol. The van der Waals surface area contributed by atoms with Gasteiger partial charge in [0.25, 0.3) is 0 Å². The lowest BCUT2D eigenvalue weighted by molar-refractivity contribution is -0.140. The third kappa shape index (κ3) is 4.31. The Morgan fingerprint density at radius 2 is 2.10 bits per heavy atom. The fraction of sp³-hybridized carbons (Fsp3) is 0.667. The molecular formula is C15H23N3O3. The summed E-state index contributed by atoms with van der Waals surface area (Å²) in [4.78, 5) is 23.1. The van der Waals surface area contributed by atoms with Crippen LogP contribution in [-0.2, 0) is 23.1 Å². The van der Waals surface area contributed by atoms with Gasteiger partial charge >= 0.3 is 5.97 Å². The van der Waals surface area contributed by atoms with E-state index in [0.717, 1.165) is 37.8 Å². The van der Waals surface area contributed by atoms with Crippen LogP contribution in [-0.4, -0.2) is 33.3 Å². The molecule has 0 unspecified atom stereocenters. The van der Waals surface area contributed by atoms with E-state index in [1.807, 2.05) is 13.1 Å². The maximum absolute atomic E-state index is 12.1. The minimum Gasteiger partial charge on any atom is -0.481 e. The van der Waals surface area contributed by atoms with Gasteiger partial charge in [-0.3, -0.25) is 14.3 Å². The Kier molecular flexibility index (Phi) is 4.98. The van der Waals surface area contributed by atoms with E-state index in [0.29, 0.717) is 13.0 Å². The minimum absolute atomic E-state index is 0.0414. The van der Waals surface area contributed by atoms with Gasteiger partial charge < -0.3 is 10.4 Å². The summed E-state index contributed by atoms with van der Waals surface area (Å²) in [5.74, 6) is -0.847. The molecule has 1 aromatic heterocycles. The van der Waals surface area contributed by atoms with Crippen LogP contribution in [0.15, 0.2) is 12.3 Å². The quantitative estimate of drug-likeness (QED) is 0.798. The summed E-state index contributed by atoms with van der Waals surface area (Å²) in [6.07, 6.45) is 6.62. The van der Waals surface area contributed by atoms with E-state index >= 15 is 0 Å². The van der Waals surface area contributed by atoms with Gasteiger partial charge in [-0.1, -0.05) is 12.8 Å². The summed E-state index contributed by atoms with van der Waals surface area (Å²) in [5, 5.41) is 16.0. The number of aryl methyl sites for hydroxylation is 1. The van der Waals surface area contributed by atoms with Crippen LogP contribution in [0.4, 0.5) is 0 Å². The van der Waals surface area contributed by atoms with Crippen molar-refractivity contribution in [3.8, 4) is 0 Å². The third-order valence-electron chi connectivity index (χ3n) is 4.35. The zero-order chi connectivity index (χ0) is 15.3. The van der Waals surface area contributed by atoms with E-state index in [4.69, 9.17) is 5.11 Å². The molecule has 0 atom stereocenters. The Morgan fingerprint density at radius 1 is 1.38 bits per heavy atom. The Balaban J connectivity index is 1.80. The predicted molar refractivity (Wildman–Crippen MR) is 77.7 cm³/mol. The predicted octanol–water partition coefficient (Wildman–Crippen LogP) is 1.50. The third-order valence-corrected chi connectivity index (χ3v) is 4.35. The molecule has 0 saturated heterocycles. The van der Waals surface area contributed by atoms with Crippen molar-refractivity contribution in [3.05, 3.63) is 18.0 Å². The second-order valence-electron chi connectivity index (χ2n) is 6.00. The van der Waals surface area contributed by atoms with Crippen LogP contribution in [0.25, 0.3) is 0 Å². The molecule has 2 N–H and O–H groups in total. The summed E-state index contributed by atoms with van der Waals surface area (Å²) >= 11 is 0. The molecule has 6 heteroatoms. The summed E-state index contributed by atoms with van der Waals surface area (Å²) in [5.41, 5.74) is 0.735. The van der Waals surface area contributed by atoms with E-state index in [9.17, 15) is 9.59 Å². The van der Waals surface area contributed by atoms with Crippen LogP contribution >= 0.6 is 0 Å². The molecule has 1 fully saturated rings. The van der Waals surface area contributed by atoms with Crippen molar-refractivity contribution in [2.24, 2.45) is 12.5 Å². The molecule has 0 aromatic carbocycles. The molecule has 116 valence electrons. The number of aliphatic carboxylic acids is 1. The SMILES string of the molecule is Cn1nccc1CCNC(=O)CC1(CC(=O)O)CCCC1. The van der Waals surface area contributed by atoms with Gasteiger partial charge in [0, 0.05) is 38.3 Å². The monoisotopic (exact) mass is 293 g/mol. The Bertz CT molecular complexity index is 504. The van der Waals surface area contributed by atoms with Crippen molar-refractivity contribution >= 4 is 11.9 Å². The topological polar surface area (TPSA) is 84.2 Å². The van der Waals surface area contributed by atoms with E-state index in [-0.39, 0.29) is 17.7 Å². The van der Waals surface area contributed by atoms with Crippen LogP contribution in [0.2, 0.25) is 0 Å². The van der Waals surface area contributed by atoms with Crippen molar-refractivity contribution in [2.45, 2.75) is 44.9 Å². The number of carbonyl (C=O) groups excluding carboxylic acids is 1. The fourth-order valence-corrected chi connectivity index (χ4v) is 3.24. The summed E-state index contributed by atoms with van der Waals surface area (Å²) in [7, 11) is 1.87. The van der Waals surface area contributed by atoms with Gasteiger partial charge in [-0.25, -0.2) is 0 Å². The smallest absolute Gasteiger partial charge is 0.303 e. The molecule has 1 saturated carbocycles. The molecule has 0 spiro atoms. The first-order valence-corrected chi connectivity index (χ1v) is 7.46. The first kappa shape index (κ1) is 15.5. The van der Waals surface area contributed by atoms with Gasteiger partial charge in [-0.05, 0) is 24.3 Å². The molecule has 1 aliphatic carbocycles. The van der Waals surface area contributed by atoms with Crippen molar-refractivity contribution in [2.75, 3.05) is 6.54 Å². The van der Waals surface area contributed by atoms with Crippen molar-refractivity contribution < 1.29 is 14.7 Å². The van der Waals surface area contributed by atoms with E-state index < -0.39 is 5.97 Å². The van der Waals surface area contributed by atoms with Gasteiger partial charge in [-0.15, -0.1) is 0 Å². The number of hydrogen-bond donors (Lipinski definition) is 2. The maximum Gasteiger partial charge on any atom is 0.303 e. The minimum atomic E-state index is -0.806. The number of amides is 1. The number of hydrogen-bond acceptors (Lipinski definition) is 3. The molecule has 21 heavy (non-hydrogen) atoms. The highest BCUT2D eigenvalue weighted by molar-refractivity contribution is 5.78. The molecule has 1 aliphatic rings. The standard InChI is InChI=1S/C15H23N3O3/c1-18-12(5-9-17-18)4-8-16-13(19)10-15(11-14(20)21)6-2-3-7-15/h5,9H,2-4,6-8,10-11H2,1H3,(H,16,19)(H,20,21). The lowest BCUT2D eigenvalue weighted by Gasteiger charge is -2.26. The second-order valence-corrected chi connectivity index (χ2v) is 6.00. The highest BCUT2D eigenvalue weighted by Crippen LogP contribution is 2.43. The molecule has 0 aliphatic heterocycles. The molecule has 1 amide bonds. The van der Waals surface area contributed by atoms with E-state index in [1.54, 1.807) is 10.9 Å².